The maximum atomic E-state index is 13.9. The molecule has 11 heteroatoms. The Kier molecular flexibility index (Phi) is 6.32. The van der Waals surface area contributed by atoms with Crippen molar-refractivity contribution in [2.75, 3.05) is 11.1 Å². The van der Waals surface area contributed by atoms with Crippen LogP contribution in [0.1, 0.15) is 10.4 Å². The maximum Gasteiger partial charge on any atom is 0.271 e. The summed E-state index contributed by atoms with van der Waals surface area (Å²) in [5.41, 5.74) is 0.0380. The molecule has 0 atom stereocenters. The minimum Gasteiger partial charge on any atom is -0.323 e. The van der Waals surface area contributed by atoms with Gasteiger partial charge in [-0.3, -0.25) is 24.3 Å². The summed E-state index contributed by atoms with van der Waals surface area (Å²) in [7, 11) is 0. The highest BCUT2D eigenvalue weighted by Crippen LogP contribution is 2.28. The van der Waals surface area contributed by atoms with E-state index in [2.05, 4.69) is 16.9 Å². The third kappa shape index (κ3) is 4.26. The van der Waals surface area contributed by atoms with E-state index in [1.807, 2.05) is 13.8 Å². The number of anilines is 1. The van der Waals surface area contributed by atoms with Gasteiger partial charge < -0.3 is 5.32 Å². The number of nitro benzene ring substituents is 1. The number of non-ortho nitro benzene ring substituents is 1. The number of aryl methyl sites for hydroxylation is 2. The fourth-order valence-corrected chi connectivity index (χ4v) is 4.63. The first kappa shape index (κ1) is 21.7. The number of nitro groups is 1. The molecule has 156 valence electrons. The first-order valence-electron chi connectivity index (χ1n) is 8.71. The number of benzene rings is 1. The van der Waals surface area contributed by atoms with E-state index in [0.717, 1.165) is 40.4 Å². The number of thioether (sulfide) groups is 1. The zero-order valence-electron chi connectivity index (χ0n) is 16.1. The Hall–Kier alpha value is -3.05. The molecule has 0 saturated carbocycles. The van der Waals surface area contributed by atoms with Gasteiger partial charge in [-0.2, -0.15) is 0 Å². The predicted molar refractivity (Wildman–Crippen MR) is 116 cm³/mol. The molecule has 1 N–H and O–H groups in total. The minimum atomic E-state index is -0.786. The third-order valence-electron chi connectivity index (χ3n) is 4.33. The lowest BCUT2D eigenvalue weighted by Gasteiger charge is -2.11. The van der Waals surface area contributed by atoms with Crippen molar-refractivity contribution in [1.29, 1.82) is 0 Å². The van der Waals surface area contributed by atoms with Gasteiger partial charge in [-0.1, -0.05) is 17.8 Å². The minimum absolute atomic E-state index is 0.166. The van der Waals surface area contributed by atoms with Crippen molar-refractivity contribution in [2.45, 2.75) is 25.5 Å². The molecule has 0 spiro atoms. The van der Waals surface area contributed by atoms with Gasteiger partial charge in [0.15, 0.2) is 5.16 Å². The van der Waals surface area contributed by atoms with Crippen LogP contribution in [0.5, 0.6) is 0 Å². The monoisotopic (exact) mass is 448 g/mol. The van der Waals surface area contributed by atoms with E-state index >= 15 is 0 Å². The van der Waals surface area contributed by atoms with Crippen molar-refractivity contribution in [3.63, 3.8) is 0 Å². The number of hydrogen-bond donors (Lipinski definition) is 1. The second-order valence-electron chi connectivity index (χ2n) is 6.32. The fourth-order valence-electron chi connectivity index (χ4n) is 2.75. The number of nitrogens with one attached hydrogen (secondary N) is 1. The lowest BCUT2D eigenvalue weighted by Crippen LogP contribution is -2.23. The molecule has 3 rings (SSSR count). The maximum absolute atomic E-state index is 13.9. The number of hydrogen-bond acceptors (Lipinski definition) is 7. The van der Waals surface area contributed by atoms with Crippen LogP contribution in [0, 0.1) is 29.8 Å². The van der Waals surface area contributed by atoms with Gasteiger partial charge in [0.1, 0.15) is 10.6 Å². The Balaban J connectivity index is 1.85. The summed E-state index contributed by atoms with van der Waals surface area (Å²) < 4.78 is 15.3. The van der Waals surface area contributed by atoms with Crippen LogP contribution >= 0.6 is 23.1 Å². The predicted octanol–water partition coefficient (Wildman–Crippen LogP) is 4.04. The molecule has 2 heterocycles. The molecule has 8 nitrogen and oxygen atoms in total. The fraction of sp³-hybridized carbons (Fsp3) is 0.211. The van der Waals surface area contributed by atoms with E-state index in [1.165, 1.54) is 15.9 Å². The van der Waals surface area contributed by atoms with E-state index in [-0.39, 0.29) is 29.2 Å². The molecule has 0 aliphatic rings. The summed E-state index contributed by atoms with van der Waals surface area (Å²) in [4.78, 5) is 41.5. The molecule has 3 aromatic rings. The van der Waals surface area contributed by atoms with Gasteiger partial charge in [-0.15, -0.1) is 17.9 Å². The van der Waals surface area contributed by atoms with Crippen molar-refractivity contribution in [2.24, 2.45) is 0 Å². The number of aromatic nitrogens is 2. The Labute approximate surface area is 178 Å². The normalized spacial score (nSPS) is 10.9. The summed E-state index contributed by atoms with van der Waals surface area (Å²) in [6, 6.07) is 2.88. The molecular weight excluding hydrogens is 431 g/mol. The first-order chi connectivity index (χ1) is 14.2. The van der Waals surface area contributed by atoms with Gasteiger partial charge in [0.25, 0.3) is 11.2 Å². The number of halogens is 1. The van der Waals surface area contributed by atoms with Crippen molar-refractivity contribution >= 4 is 50.6 Å². The van der Waals surface area contributed by atoms with Crippen molar-refractivity contribution < 1.29 is 14.1 Å². The molecule has 0 fully saturated rings. The van der Waals surface area contributed by atoms with E-state index in [9.17, 15) is 24.1 Å². The van der Waals surface area contributed by atoms with Gasteiger partial charge in [-0.05, 0) is 25.5 Å². The number of allylic oxidation sites excluding steroid dienone is 1. The Morgan fingerprint density at radius 1 is 1.47 bits per heavy atom. The van der Waals surface area contributed by atoms with E-state index in [4.69, 9.17) is 0 Å². The highest BCUT2D eigenvalue weighted by Gasteiger charge is 2.18. The number of thiophene rings is 1. The van der Waals surface area contributed by atoms with Gasteiger partial charge in [0.05, 0.1) is 21.7 Å². The van der Waals surface area contributed by atoms with Crippen molar-refractivity contribution in [3.05, 3.63) is 67.6 Å². The van der Waals surface area contributed by atoms with E-state index in [0.29, 0.717) is 15.4 Å². The highest BCUT2D eigenvalue weighted by atomic mass is 32.2. The molecule has 0 aliphatic heterocycles. The van der Waals surface area contributed by atoms with Crippen LogP contribution in [0.15, 0.2) is 40.8 Å². The SMILES string of the molecule is C=CCn1c(SCC(=O)Nc2cc([N+](=O)[O-])ccc2F)nc2sc(C)c(C)c2c1=O. The molecule has 30 heavy (non-hydrogen) atoms. The quantitative estimate of drug-likeness (QED) is 0.192. The van der Waals surface area contributed by atoms with Crippen LogP contribution in [-0.2, 0) is 11.3 Å². The van der Waals surface area contributed by atoms with Gasteiger partial charge in [-0.25, -0.2) is 9.37 Å². The number of fused-ring (bicyclic) bond motifs is 1. The smallest absolute Gasteiger partial charge is 0.271 e. The zero-order chi connectivity index (χ0) is 22.0. The molecule has 1 amide bonds. The zero-order valence-corrected chi connectivity index (χ0v) is 17.7. The molecular formula is C19H17FN4O4S2. The Morgan fingerprint density at radius 2 is 2.20 bits per heavy atom. The molecule has 0 radical (unpaired) electrons. The number of nitrogens with zero attached hydrogens (tertiary/aromatic N) is 3. The summed E-state index contributed by atoms with van der Waals surface area (Å²) in [6.07, 6.45) is 1.56. The van der Waals surface area contributed by atoms with Crippen LogP contribution in [0.25, 0.3) is 10.2 Å². The van der Waals surface area contributed by atoms with Crippen molar-refractivity contribution in [1.82, 2.24) is 9.55 Å². The summed E-state index contributed by atoms with van der Waals surface area (Å²) in [5, 5.41) is 14.0. The number of carbonyl (C=O) groups is 1. The number of carbonyl (C=O) groups excluding carboxylic acids is 1. The summed E-state index contributed by atoms with van der Waals surface area (Å²) in [5.74, 6) is -1.54. The standard InChI is InChI=1S/C19H17FN4O4S2/c1-4-7-23-18(26)16-10(2)11(3)30-17(16)22-19(23)29-9-15(25)21-14-8-12(24(27)28)5-6-13(14)20/h4-6,8H,1,7,9H2,2-3H3,(H,21,25). The van der Waals surface area contributed by atoms with Gasteiger partial charge in [0, 0.05) is 23.6 Å². The largest absolute Gasteiger partial charge is 0.323 e. The van der Waals surface area contributed by atoms with Crippen molar-refractivity contribution in [3.8, 4) is 0 Å². The van der Waals surface area contributed by atoms with E-state index in [1.54, 1.807) is 6.08 Å². The molecule has 0 bridgehead atoms. The molecule has 0 aliphatic carbocycles. The van der Waals surface area contributed by atoms with Crippen LogP contribution in [0.2, 0.25) is 0 Å². The first-order valence-corrected chi connectivity index (χ1v) is 10.5. The average Bonchev–Trinajstić information content (AvgIpc) is 2.98. The molecule has 2 aromatic heterocycles. The van der Waals surface area contributed by atoms with Crippen LogP contribution in [0.4, 0.5) is 15.8 Å². The van der Waals surface area contributed by atoms with Crippen LogP contribution < -0.4 is 10.9 Å². The second kappa shape index (κ2) is 8.76. The third-order valence-corrected chi connectivity index (χ3v) is 6.41. The molecule has 0 saturated heterocycles. The highest BCUT2D eigenvalue weighted by molar-refractivity contribution is 7.99. The summed E-state index contributed by atoms with van der Waals surface area (Å²) >= 11 is 2.42. The molecule has 0 unspecified atom stereocenters. The molecule has 1 aromatic carbocycles. The van der Waals surface area contributed by atoms with Crippen LogP contribution in [0.3, 0.4) is 0 Å². The summed E-state index contributed by atoms with van der Waals surface area (Å²) in [6.45, 7) is 7.65. The lowest BCUT2D eigenvalue weighted by molar-refractivity contribution is -0.384. The number of amides is 1. The van der Waals surface area contributed by atoms with Gasteiger partial charge in [0.2, 0.25) is 5.91 Å². The van der Waals surface area contributed by atoms with Gasteiger partial charge >= 0.3 is 0 Å². The topological polar surface area (TPSA) is 107 Å². The second-order valence-corrected chi connectivity index (χ2v) is 8.47. The van der Waals surface area contributed by atoms with E-state index < -0.39 is 16.6 Å². The number of rotatable bonds is 7. The Bertz CT molecular complexity index is 1240. The lowest BCUT2D eigenvalue weighted by atomic mass is 10.2. The van der Waals surface area contributed by atoms with Crippen LogP contribution in [-0.4, -0.2) is 26.1 Å². The Morgan fingerprint density at radius 3 is 2.87 bits per heavy atom. The average molecular weight is 449 g/mol.